The van der Waals surface area contributed by atoms with E-state index in [1.165, 1.54) is 11.3 Å². The summed E-state index contributed by atoms with van der Waals surface area (Å²) in [5, 5.41) is 11.3. The summed E-state index contributed by atoms with van der Waals surface area (Å²) in [6.07, 6.45) is 0.924. The van der Waals surface area contributed by atoms with E-state index in [0.717, 1.165) is 24.5 Å². The van der Waals surface area contributed by atoms with Crippen LogP contribution in [0.3, 0.4) is 0 Å². The van der Waals surface area contributed by atoms with Gasteiger partial charge in [-0.05, 0) is 57.4 Å². The van der Waals surface area contributed by atoms with Crippen molar-refractivity contribution in [2.24, 2.45) is 5.92 Å². The second-order valence-electron chi connectivity index (χ2n) is 10.5. The highest BCUT2D eigenvalue weighted by atomic mass is 32.1. The maximum absolute atomic E-state index is 12.9. The summed E-state index contributed by atoms with van der Waals surface area (Å²) in [6, 6.07) is 6.76. The summed E-state index contributed by atoms with van der Waals surface area (Å²) in [5.41, 5.74) is 1.40. The lowest BCUT2D eigenvalue weighted by Gasteiger charge is -2.34. The topological polar surface area (TPSA) is 107 Å². The molecule has 0 radical (unpaired) electrons. The Hall–Kier alpha value is -2.98. The maximum atomic E-state index is 12.9. The van der Waals surface area contributed by atoms with Crippen LogP contribution in [0.4, 0.5) is 10.5 Å². The van der Waals surface area contributed by atoms with E-state index in [1.807, 2.05) is 25.7 Å². The third kappa shape index (κ3) is 8.60. The van der Waals surface area contributed by atoms with Gasteiger partial charge in [0.1, 0.15) is 10.7 Å². The van der Waals surface area contributed by atoms with E-state index < -0.39 is 0 Å². The van der Waals surface area contributed by atoms with Crippen molar-refractivity contribution in [3.05, 3.63) is 45.9 Å². The average Bonchev–Trinajstić information content (AvgIpc) is 3.27. The lowest BCUT2D eigenvalue weighted by atomic mass is 10.1. The van der Waals surface area contributed by atoms with E-state index >= 15 is 0 Å². The minimum Gasteiger partial charge on any atom is -0.346 e. The van der Waals surface area contributed by atoms with Crippen molar-refractivity contribution >= 4 is 34.9 Å². The van der Waals surface area contributed by atoms with Gasteiger partial charge in [0.15, 0.2) is 0 Å². The van der Waals surface area contributed by atoms with Gasteiger partial charge in [0, 0.05) is 54.9 Å². The van der Waals surface area contributed by atoms with Gasteiger partial charge in [0.25, 0.3) is 11.8 Å². The predicted molar refractivity (Wildman–Crippen MR) is 143 cm³/mol. The molecule has 36 heavy (non-hydrogen) atoms. The van der Waals surface area contributed by atoms with Crippen molar-refractivity contribution in [2.75, 3.05) is 38.0 Å². The maximum Gasteiger partial charge on any atom is 0.319 e. The van der Waals surface area contributed by atoms with Gasteiger partial charge in [0.2, 0.25) is 0 Å². The first-order valence-corrected chi connectivity index (χ1v) is 13.3. The summed E-state index contributed by atoms with van der Waals surface area (Å²) in [5.74, 6) is 0.357. The van der Waals surface area contributed by atoms with Crippen LogP contribution in [0.15, 0.2) is 29.6 Å². The van der Waals surface area contributed by atoms with E-state index in [-0.39, 0.29) is 23.4 Å². The number of hydrogen-bond donors (Lipinski definition) is 3. The number of amides is 4. The van der Waals surface area contributed by atoms with Gasteiger partial charge in [-0.2, -0.15) is 0 Å². The molecule has 0 unspecified atom stereocenters. The molecule has 0 spiro atoms. The molecule has 2 aromatic rings. The van der Waals surface area contributed by atoms with Crippen LogP contribution in [-0.4, -0.2) is 70.9 Å². The molecule has 0 aliphatic carbocycles. The molecule has 1 saturated heterocycles. The molecule has 0 atom stereocenters. The highest BCUT2D eigenvalue weighted by molar-refractivity contribution is 7.09. The second kappa shape index (κ2) is 12.3. The summed E-state index contributed by atoms with van der Waals surface area (Å²) in [4.78, 5) is 45.8. The number of piperazine rings is 1. The van der Waals surface area contributed by atoms with Crippen LogP contribution in [0.5, 0.6) is 0 Å². The van der Waals surface area contributed by atoms with Gasteiger partial charge in [-0.25, -0.2) is 9.78 Å². The molecule has 4 amide bonds. The standard InChI is InChI=1S/C26H38N6O3S/c1-18(2)10-11-27-25(35)28-20-8-6-19(7-9-20)24(34)32-14-12-31(13-15-32)16-22-29-21(17-36-22)23(33)30-26(3,4)5/h6-9,17-18H,10-16H2,1-5H3,(H,30,33)(H2,27,28,35). The van der Waals surface area contributed by atoms with Crippen LogP contribution in [0.2, 0.25) is 0 Å². The van der Waals surface area contributed by atoms with Crippen molar-refractivity contribution in [3.63, 3.8) is 0 Å². The van der Waals surface area contributed by atoms with Crippen LogP contribution in [-0.2, 0) is 6.54 Å². The molecule has 3 rings (SSSR count). The number of nitrogens with zero attached hydrogens (tertiary/aromatic N) is 3. The Balaban J connectivity index is 1.44. The molecule has 1 aromatic heterocycles. The first-order chi connectivity index (χ1) is 17.0. The quantitative estimate of drug-likeness (QED) is 0.497. The van der Waals surface area contributed by atoms with Crippen LogP contribution >= 0.6 is 11.3 Å². The van der Waals surface area contributed by atoms with E-state index in [9.17, 15) is 14.4 Å². The highest BCUT2D eigenvalue weighted by Gasteiger charge is 2.24. The third-order valence-corrected chi connectivity index (χ3v) is 6.52. The number of rotatable bonds is 8. The first-order valence-electron chi connectivity index (χ1n) is 12.4. The summed E-state index contributed by atoms with van der Waals surface area (Å²) in [7, 11) is 0. The van der Waals surface area contributed by atoms with Crippen LogP contribution in [0.1, 0.15) is 66.9 Å². The minimum atomic E-state index is -0.303. The van der Waals surface area contributed by atoms with Gasteiger partial charge in [-0.1, -0.05) is 13.8 Å². The number of carbonyl (C=O) groups is 3. The molecule has 10 heteroatoms. The van der Waals surface area contributed by atoms with Crippen molar-refractivity contribution in [1.82, 2.24) is 25.4 Å². The largest absolute Gasteiger partial charge is 0.346 e. The number of thiazole rings is 1. The van der Waals surface area contributed by atoms with E-state index in [0.29, 0.717) is 49.0 Å². The Morgan fingerprint density at radius 2 is 1.72 bits per heavy atom. The fourth-order valence-electron chi connectivity index (χ4n) is 3.72. The van der Waals surface area contributed by atoms with Crippen molar-refractivity contribution in [3.8, 4) is 0 Å². The SMILES string of the molecule is CC(C)CCNC(=O)Nc1ccc(C(=O)N2CCN(Cc3nc(C(=O)NC(C)(C)C)cs3)CC2)cc1. The lowest BCUT2D eigenvalue weighted by Crippen LogP contribution is -2.48. The number of hydrogen-bond acceptors (Lipinski definition) is 6. The molecule has 1 aliphatic heterocycles. The van der Waals surface area contributed by atoms with Gasteiger partial charge in [-0.15, -0.1) is 11.3 Å². The third-order valence-electron chi connectivity index (χ3n) is 5.69. The van der Waals surface area contributed by atoms with Crippen molar-refractivity contribution in [2.45, 2.75) is 53.1 Å². The van der Waals surface area contributed by atoms with E-state index in [2.05, 4.69) is 39.7 Å². The number of carbonyl (C=O) groups excluding carboxylic acids is 3. The van der Waals surface area contributed by atoms with Crippen LogP contribution < -0.4 is 16.0 Å². The molecule has 1 fully saturated rings. The summed E-state index contributed by atoms with van der Waals surface area (Å²) < 4.78 is 0. The zero-order chi connectivity index (χ0) is 26.3. The number of urea groups is 1. The molecular weight excluding hydrogens is 476 g/mol. The van der Waals surface area contributed by atoms with Gasteiger partial charge in [0.05, 0.1) is 6.54 Å². The zero-order valence-corrected chi connectivity index (χ0v) is 22.7. The Labute approximate surface area is 217 Å². The first kappa shape index (κ1) is 27.6. The Kier molecular flexibility index (Phi) is 9.44. The Morgan fingerprint density at radius 1 is 1.06 bits per heavy atom. The van der Waals surface area contributed by atoms with Gasteiger partial charge >= 0.3 is 6.03 Å². The number of benzene rings is 1. The number of aromatic nitrogens is 1. The molecule has 3 N–H and O–H groups in total. The average molecular weight is 515 g/mol. The van der Waals surface area contributed by atoms with Gasteiger partial charge in [-0.3, -0.25) is 14.5 Å². The normalized spacial score (nSPS) is 14.6. The molecule has 2 heterocycles. The number of anilines is 1. The van der Waals surface area contributed by atoms with Crippen LogP contribution in [0, 0.1) is 5.92 Å². The monoisotopic (exact) mass is 514 g/mol. The molecule has 1 aromatic carbocycles. The molecular formula is C26H38N6O3S. The van der Waals surface area contributed by atoms with Gasteiger partial charge < -0.3 is 20.9 Å². The van der Waals surface area contributed by atoms with Crippen molar-refractivity contribution in [1.29, 1.82) is 0 Å². The fourth-order valence-corrected chi connectivity index (χ4v) is 4.54. The summed E-state index contributed by atoms with van der Waals surface area (Å²) in [6.45, 7) is 14.1. The minimum absolute atomic E-state index is 0.0158. The Morgan fingerprint density at radius 3 is 2.33 bits per heavy atom. The number of nitrogens with one attached hydrogen (secondary N) is 3. The molecule has 1 aliphatic rings. The molecule has 9 nitrogen and oxygen atoms in total. The van der Waals surface area contributed by atoms with E-state index in [1.54, 1.807) is 29.6 Å². The predicted octanol–water partition coefficient (Wildman–Crippen LogP) is 3.80. The molecule has 0 bridgehead atoms. The fraction of sp³-hybridized carbons (Fsp3) is 0.538. The molecule has 0 saturated carbocycles. The Bertz CT molecular complexity index is 1040. The van der Waals surface area contributed by atoms with E-state index in [4.69, 9.17) is 0 Å². The zero-order valence-electron chi connectivity index (χ0n) is 21.9. The highest BCUT2D eigenvalue weighted by Crippen LogP contribution is 2.17. The molecule has 196 valence electrons. The van der Waals surface area contributed by atoms with Crippen LogP contribution in [0.25, 0.3) is 0 Å². The summed E-state index contributed by atoms with van der Waals surface area (Å²) >= 11 is 1.48. The smallest absolute Gasteiger partial charge is 0.319 e. The van der Waals surface area contributed by atoms with Crippen molar-refractivity contribution < 1.29 is 14.4 Å². The lowest BCUT2D eigenvalue weighted by molar-refractivity contribution is 0.0628. The second-order valence-corrected chi connectivity index (χ2v) is 11.5.